The minimum atomic E-state index is -1.53. The maximum absolute atomic E-state index is 12.0. The molecule has 0 atom stereocenters. The summed E-state index contributed by atoms with van der Waals surface area (Å²) in [5, 5.41) is 18.2. The van der Waals surface area contributed by atoms with Crippen LogP contribution < -0.4 is 0 Å². The first-order valence-electron chi connectivity index (χ1n) is 7.35. The van der Waals surface area contributed by atoms with Crippen molar-refractivity contribution in [2.24, 2.45) is 0 Å². The Morgan fingerprint density at radius 2 is 1.52 bits per heavy atom. The summed E-state index contributed by atoms with van der Waals surface area (Å²) in [6, 6.07) is 3.55. The predicted molar refractivity (Wildman–Crippen MR) is 85.7 cm³/mol. The predicted octanol–water partition coefficient (Wildman–Crippen LogP) is 2.14. The molecule has 0 unspecified atom stereocenters. The van der Waals surface area contributed by atoms with Crippen LogP contribution in [-0.2, 0) is 14.3 Å². The number of carbonyl (C=O) groups is 4. The van der Waals surface area contributed by atoms with Gasteiger partial charge in [0.15, 0.2) is 0 Å². The van der Waals surface area contributed by atoms with E-state index in [1.165, 1.54) is 19.1 Å². The van der Waals surface area contributed by atoms with E-state index in [1.54, 1.807) is 0 Å². The molecule has 25 heavy (non-hydrogen) atoms. The maximum Gasteiger partial charge on any atom is 0.339 e. The highest BCUT2D eigenvalue weighted by atomic mass is 16.5. The lowest BCUT2D eigenvalue weighted by atomic mass is 10.0. The first-order valence-corrected chi connectivity index (χ1v) is 7.35. The second-order valence-corrected chi connectivity index (χ2v) is 5.10. The standard InChI is InChI=1S/C17H18O8/c1-10(2)16(22)24-8-3-4-9-25-17(23)12-7-5-6-11(14(18)19)13(12)15(20)21/h5-7H,1,3-4,8-9H2,2H3,(H,18,19)(H,20,21). The molecule has 0 aliphatic rings. The number of aromatic carboxylic acids is 2. The van der Waals surface area contributed by atoms with Gasteiger partial charge in [-0.1, -0.05) is 12.6 Å². The van der Waals surface area contributed by atoms with Gasteiger partial charge < -0.3 is 19.7 Å². The molecule has 0 bridgehead atoms. The molecule has 1 aromatic rings. The molecule has 0 aromatic heterocycles. The molecule has 8 nitrogen and oxygen atoms in total. The Kier molecular flexibility index (Phi) is 7.33. The van der Waals surface area contributed by atoms with Crippen molar-refractivity contribution in [1.82, 2.24) is 0 Å². The molecule has 1 aromatic carbocycles. The van der Waals surface area contributed by atoms with E-state index in [9.17, 15) is 19.2 Å². The highest BCUT2D eigenvalue weighted by Gasteiger charge is 2.24. The number of carboxylic acids is 2. The fourth-order valence-corrected chi connectivity index (χ4v) is 1.87. The van der Waals surface area contributed by atoms with Crippen molar-refractivity contribution in [3.8, 4) is 0 Å². The molecule has 2 N–H and O–H groups in total. The van der Waals surface area contributed by atoms with Crippen molar-refractivity contribution in [2.45, 2.75) is 19.8 Å². The van der Waals surface area contributed by atoms with Crippen LogP contribution in [0.25, 0.3) is 0 Å². The van der Waals surface area contributed by atoms with Crippen LogP contribution in [0.3, 0.4) is 0 Å². The molecule has 8 heteroatoms. The van der Waals surface area contributed by atoms with Crippen LogP contribution in [0.2, 0.25) is 0 Å². The Morgan fingerprint density at radius 1 is 0.960 bits per heavy atom. The van der Waals surface area contributed by atoms with Crippen LogP contribution in [0.1, 0.15) is 50.8 Å². The van der Waals surface area contributed by atoms with E-state index in [0.29, 0.717) is 12.8 Å². The van der Waals surface area contributed by atoms with Gasteiger partial charge in [-0.05, 0) is 31.9 Å². The second-order valence-electron chi connectivity index (χ2n) is 5.10. The summed E-state index contributed by atoms with van der Waals surface area (Å²) in [5.74, 6) is -4.42. The lowest BCUT2D eigenvalue weighted by Crippen LogP contribution is -2.17. The Bertz CT molecular complexity index is 705. The number of benzene rings is 1. The van der Waals surface area contributed by atoms with E-state index in [1.807, 2.05) is 0 Å². The monoisotopic (exact) mass is 350 g/mol. The summed E-state index contributed by atoms with van der Waals surface area (Å²) < 4.78 is 9.82. The van der Waals surface area contributed by atoms with Gasteiger partial charge in [0.05, 0.1) is 29.9 Å². The van der Waals surface area contributed by atoms with Crippen molar-refractivity contribution >= 4 is 23.9 Å². The Hall–Kier alpha value is -3.16. The van der Waals surface area contributed by atoms with Gasteiger partial charge in [0, 0.05) is 5.57 Å². The van der Waals surface area contributed by atoms with E-state index in [2.05, 4.69) is 6.58 Å². The van der Waals surface area contributed by atoms with Gasteiger partial charge in [0.25, 0.3) is 0 Å². The maximum atomic E-state index is 12.0. The van der Waals surface area contributed by atoms with Gasteiger partial charge in [0.1, 0.15) is 0 Å². The molecule has 0 radical (unpaired) electrons. The number of rotatable bonds is 9. The first kappa shape index (κ1) is 19.9. The Morgan fingerprint density at radius 3 is 2.04 bits per heavy atom. The average molecular weight is 350 g/mol. The quantitative estimate of drug-likeness (QED) is 0.394. The number of unbranched alkanes of at least 4 members (excludes halogenated alkanes) is 1. The number of hydrogen-bond acceptors (Lipinski definition) is 6. The first-order chi connectivity index (χ1) is 11.8. The third kappa shape index (κ3) is 5.76. The highest BCUT2D eigenvalue weighted by Crippen LogP contribution is 2.17. The van der Waals surface area contributed by atoms with E-state index >= 15 is 0 Å². The Balaban J connectivity index is 2.60. The van der Waals surface area contributed by atoms with E-state index in [0.717, 1.165) is 6.07 Å². The molecule has 134 valence electrons. The zero-order chi connectivity index (χ0) is 19.0. The van der Waals surface area contributed by atoms with Crippen molar-refractivity contribution in [2.75, 3.05) is 13.2 Å². The van der Waals surface area contributed by atoms with Crippen LogP contribution in [0.4, 0.5) is 0 Å². The average Bonchev–Trinajstić information content (AvgIpc) is 2.56. The molecule has 0 saturated carbocycles. The van der Waals surface area contributed by atoms with Gasteiger partial charge in [-0.25, -0.2) is 19.2 Å². The normalized spacial score (nSPS) is 9.96. The summed E-state index contributed by atoms with van der Waals surface area (Å²) in [5.41, 5.74) is -1.16. The van der Waals surface area contributed by atoms with Crippen molar-refractivity contribution < 1.29 is 38.9 Å². The molecule has 1 rings (SSSR count). The topological polar surface area (TPSA) is 127 Å². The third-order valence-corrected chi connectivity index (χ3v) is 3.08. The number of carboxylic acid groups (broad SMARTS) is 2. The SMILES string of the molecule is C=C(C)C(=O)OCCCCOC(=O)c1cccc(C(=O)O)c1C(=O)O. The summed E-state index contributed by atoms with van der Waals surface area (Å²) in [7, 11) is 0. The fraction of sp³-hybridized carbons (Fsp3) is 0.294. The van der Waals surface area contributed by atoms with Crippen LogP contribution >= 0.6 is 0 Å². The van der Waals surface area contributed by atoms with E-state index < -0.39 is 35.0 Å². The molecule has 0 aliphatic heterocycles. The molecular formula is C17H18O8. The minimum absolute atomic E-state index is 0.0280. The third-order valence-electron chi connectivity index (χ3n) is 3.08. The number of ether oxygens (including phenoxy) is 2. The summed E-state index contributed by atoms with van der Waals surface area (Å²) in [4.78, 5) is 45.5. The van der Waals surface area contributed by atoms with Crippen molar-refractivity contribution in [1.29, 1.82) is 0 Å². The molecule has 0 spiro atoms. The van der Waals surface area contributed by atoms with Gasteiger partial charge in [0.2, 0.25) is 0 Å². The van der Waals surface area contributed by atoms with Crippen molar-refractivity contribution in [3.63, 3.8) is 0 Å². The zero-order valence-corrected chi connectivity index (χ0v) is 13.6. The number of hydrogen-bond donors (Lipinski definition) is 2. The van der Waals surface area contributed by atoms with E-state index in [-0.39, 0.29) is 24.4 Å². The van der Waals surface area contributed by atoms with Gasteiger partial charge in [-0.15, -0.1) is 0 Å². The number of carbonyl (C=O) groups excluding carboxylic acids is 2. The lowest BCUT2D eigenvalue weighted by Gasteiger charge is -2.09. The second kappa shape index (κ2) is 9.21. The van der Waals surface area contributed by atoms with Crippen LogP contribution in [0.5, 0.6) is 0 Å². The van der Waals surface area contributed by atoms with E-state index in [4.69, 9.17) is 19.7 Å². The molecular weight excluding hydrogens is 332 g/mol. The summed E-state index contributed by atoms with van der Waals surface area (Å²) in [6.07, 6.45) is 0.823. The van der Waals surface area contributed by atoms with Crippen LogP contribution in [0, 0.1) is 0 Å². The molecule has 0 saturated heterocycles. The Labute approximate surface area is 143 Å². The number of esters is 2. The molecule has 0 heterocycles. The van der Waals surface area contributed by atoms with Crippen molar-refractivity contribution in [3.05, 3.63) is 47.0 Å². The molecule has 0 aliphatic carbocycles. The minimum Gasteiger partial charge on any atom is -0.478 e. The largest absolute Gasteiger partial charge is 0.478 e. The van der Waals surface area contributed by atoms with Gasteiger partial charge in [-0.2, -0.15) is 0 Å². The van der Waals surface area contributed by atoms with Crippen LogP contribution in [-0.4, -0.2) is 47.3 Å². The van der Waals surface area contributed by atoms with Gasteiger partial charge >= 0.3 is 23.9 Å². The fourth-order valence-electron chi connectivity index (χ4n) is 1.87. The molecule has 0 fully saturated rings. The lowest BCUT2D eigenvalue weighted by molar-refractivity contribution is -0.139. The summed E-state index contributed by atoms with van der Waals surface area (Å²) >= 11 is 0. The van der Waals surface area contributed by atoms with Gasteiger partial charge in [-0.3, -0.25) is 0 Å². The smallest absolute Gasteiger partial charge is 0.339 e. The molecule has 0 amide bonds. The zero-order valence-electron chi connectivity index (χ0n) is 13.6. The summed E-state index contributed by atoms with van der Waals surface area (Å²) in [6.45, 7) is 5.07. The van der Waals surface area contributed by atoms with Crippen LogP contribution in [0.15, 0.2) is 30.4 Å². The highest BCUT2D eigenvalue weighted by molar-refractivity contribution is 6.09.